The van der Waals surface area contributed by atoms with Gasteiger partial charge in [-0.05, 0) is 32.8 Å². The second kappa shape index (κ2) is 6.80. The molecule has 0 bridgehead atoms. The zero-order valence-electron chi connectivity index (χ0n) is 15.1. The third kappa shape index (κ3) is 2.90. The smallest absolute Gasteiger partial charge is 0.271 e. The number of benzene rings is 1. The summed E-state index contributed by atoms with van der Waals surface area (Å²) in [5.41, 5.74) is 1.38. The van der Waals surface area contributed by atoms with Crippen molar-refractivity contribution in [3.8, 4) is 0 Å². The number of nitrogens with one attached hydrogen (secondary N) is 1. The molecule has 0 unspecified atom stereocenters. The SMILES string of the molecule is CC(C)n1ccnc1[C@H]1CCCN(C(=O)c2[nH]c3ccccc3c2Cl)C1. The van der Waals surface area contributed by atoms with Crippen molar-refractivity contribution >= 4 is 28.4 Å². The first kappa shape index (κ1) is 17.2. The summed E-state index contributed by atoms with van der Waals surface area (Å²) in [6, 6.07) is 8.10. The van der Waals surface area contributed by atoms with Gasteiger partial charge in [-0.15, -0.1) is 0 Å². The number of nitrogens with zero attached hydrogens (tertiary/aromatic N) is 3. The average molecular weight is 371 g/mol. The molecule has 1 N–H and O–H groups in total. The summed E-state index contributed by atoms with van der Waals surface area (Å²) in [6.45, 7) is 5.74. The Labute approximate surface area is 158 Å². The normalized spacial score (nSPS) is 18.0. The lowest BCUT2D eigenvalue weighted by Crippen LogP contribution is -2.40. The number of carbonyl (C=O) groups excluding carboxylic acids is 1. The van der Waals surface area contributed by atoms with Gasteiger partial charge in [0.1, 0.15) is 11.5 Å². The number of carbonyl (C=O) groups is 1. The molecule has 0 radical (unpaired) electrons. The van der Waals surface area contributed by atoms with Crippen LogP contribution in [-0.2, 0) is 0 Å². The molecule has 1 aromatic carbocycles. The van der Waals surface area contributed by atoms with E-state index in [1.54, 1.807) is 0 Å². The predicted molar refractivity (Wildman–Crippen MR) is 104 cm³/mol. The van der Waals surface area contributed by atoms with Crippen molar-refractivity contribution in [3.05, 3.63) is 53.2 Å². The monoisotopic (exact) mass is 370 g/mol. The Kier molecular flexibility index (Phi) is 4.49. The molecule has 136 valence electrons. The molecule has 1 aliphatic heterocycles. The Morgan fingerprint density at radius 1 is 1.35 bits per heavy atom. The molecule has 0 saturated carbocycles. The minimum Gasteiger partial charge on any atom is -0.349 e. The summed E-state index contributed by atoms with van der Waals surface area (Å²) >= 11 is 6.48. The number of aromatic nitrogens is 3. The van der Waals surface area contributed by atoms with Crippen LogP contribution in [-0.4, -0.2) is 38.4 Å². The molecule has 1 fully saturated rings. The van der Waals surface area contributed by atoms with Gasteiger partial charge in [0.05, 0.1) is 5.02 Å². The Bertz CT molecular complexity index is 942. The van der Waals surface area contributed by atoms with Crippen LogP contribution in [0, 0.1) is 0 Å². The first-order valence-corrected chi connectivity index (χ1v) is 9.52. The van der Waals surface area contributed by atoms with Crippen molar-refractivity contribution < 1.29 is 4.79 Å². The van der Waals surface area contributed by atoms with Crippen LogP contribution in [0.1, 0.15) is 55.0 Å². The number of hydrogen-bond acceptors (Lipinski definition) is 2. The molecule has 3 aromatic rings. The van der Waals surface area contributed by atoms with E-state index in [-0.39, 0.29) is 11.8 Å². The fourth-order valence-corrected chi connectivity index (χ4v) is 4.16. The lowest BCUT2D eigenvalue weighted by atomic mass is 9.96. The quantitative estimate of drug-likeness (QED) is 0.731. The zero-order chi connectivity index (χ0) is 18.3. The third-order valence-corrected chi connectivity index (χ3v) is 5.58. The van der Waals surface area contributed by atoms with E-state index in [2.05, 4.69) is 28.4 Å². The van der Waals surface area contributed by atoms with Crippen LogP contribution in [0.25, 0.3) is 10.9 Å². The van der Waals surface area contributed by atoms with E-state index in [9.17, 15) is 4.79 Å². The van der Waals surface area contributed by atoms with E-state index in [1.807, 2.05) is 41.6 Å². The zero-order valence-corrected chi connectivity index (χ0v) is 15.8. The summed E-state index contributed by atoms with van der Waals surface area (Å²) in [6.07, 6.45) is 5.90. The minimum absolute atomic E-state index is 0.0291. The Balaban J connectivity index is 1.60. The van der Waals surface area contributed by atoms with Gasteiger partial charge in [0.15, 0.2) is 0 Å². The molecular weight excluding hydrogens is 348 g/mol. The lowest BCUT2D eigenvalue weighted by Gasteiger charge is -2.33. The first-order chi connectivity index (χ1) is 12.6. The highest BCUT2D eigenvalue weighted by Gasteiger charge is 2.30. The molecular formula is C20H23ClN4O. The van der Waals surface area contributed by atoms with Gasteiger partial charge in [0.25, 0.3) is 5.91 Å². The predicted octanol–water partition coefficient (Wildman–Crippen LogP) is 4.62. The summed E-state index contributed by atoms with van der Waals surface area (Å²) in [7, 11) is 0. The summed E-state index contributed by atoms with van der Waals surface area (Å²) in [5, 5.41) is 1.40. The van der Waals surface area contributed by atoms with Crippen molar-refractivity contribution in [2.75, 3.05) is 13.1 Å². The number of aromatic amines is 1. The maximum atomic E-state index is 13.1. The van der Waals surface area contributed by atoms with E-state index in [0.717, 1.165) is 36.1 Å². The fourth-order valence-electron chi connectivity index (χ4n) is 3.86. The van der Waals surface area contributed by atoms with Gasteiger partial charge in [-0.3, -0.25) is 4.79 Å². The van der Waals surface area contributed by atoms with E-state index in [4.69, 9.17) is 11.6 Å². The second-order valence-corrected chi connectivity index (χ2v) is 7.61. The van der Waals surface area contributed by atoms with Gasteiger partial charge in [-0.2, -0.15) is 0 Å². The van der Waals surface area contributed by atoms with E-state index >= 15 is 0 Å². The van der Waals surface area contributed by atoms with Crippen LogP contribution in [0.15, 0.2) is 36.7 Å². The number of hydrogen-bond donors (Lipinski definition) is 1. The minimum atomic E-state index is -0.0291. The number of para-hydroxylation sites is 1. The van der Waals surface area contributed by atoms with Gasteiger partial charge in [0, 0.05) is 48.3 Å². The van der Waals surface area contributed by atoms with E-state index in [1.165, 1.54) is 0 Å². The first-order valence-electron chi connectivity index (χ1n) is 9.14. The molecule has 1 aliphatic rings. The molecule has 4 rings (SSSR count). The molecule has 3 heterocycles. The van der Waals surface area contributed by atoms with Crippen LogP contribution in [0.3, 0.4) is 0 Å². The highest BCUT2D eigenvalue weighted by atomic mass is 35.5. The molecule has 0 spiro atoms. The molecule has 1 amide bonds. The van der Waals surface area contributed by atoms with Crippen molar-refractivity contribution in [1.82, 2.24) is 19.4 Å². The Hall–Kier alpha value is -2.27. The lowest BCUT2D eigenvalue weighted by molar-refractivity contribution is 0.0698. The highest BCUT2D eigenvalue weighted by Crippen LogP contribution is 2.31. The average Bonchev–Trinajstić information content (AvgIpc) is 3.27. The molecule has 1 atom stereocenters. The maximum absolute atomic E-state index is 13.1. The van der Waals surface area contributed by atoms with Gasteiger partial charge in [-0.1, -0.05) is 29.8 Å². The van der Waals surface area contributed by atoms with Crippen molar-refractivity contribution in [1.29, 1.82) is 0 Å². The largest absolute Gasteiger partial charge is 0.349 e. The summed E-state index contributed by atoms with van der Waals surface area (Å²) in [5.74, 6) is 1.30. The van der Waals surface area contributed by atoms with Crippen molar-refractivity contribution in [2.45, 2.75) is 38.6 Å². The standard InChI is InChI=1S/C20H23ClN4O/c1-13(2)25-11-9-22-19(25)14-6-5-10-24(12-14)20(26)18-17(21)15-7-3-4-8-16(15)23-18/h3-4,7-9,11,13-14,23H,5-6,10,12H2,1-2H3/t14-/m0/s1. The van der Waals surface area contributed by atoms with Crippen LogP contribution in [0.2, 0.25) is 5.02 Å². The third-order valence-electron chi connectivity index (χ3n) is 5.19. The van der Waals surface area contributed by atoms with Crippen LogP contribution in [0.4, 0.5) is 0 Å². The number of H-pyrrole nitrogens is 1. The van der Waals surface area contributed by atoms with E-state index in [0.29, 0.717) is 23.3 Å². The molecule has 5 nitrogen and oxygen atoms in total. The summed E-state index contributed by atoms with van der Waals surface area (Å²) < 4.78 is 2.20. The van der Waals surface area contributed by atoms with Gasteiger partial charge in [-0.25, -0.2) is 4.98 Å². The van der Waals surface area contributed by atoms with Crippen LogP contribution >= 0.6 is 11.6 Å². The Morgan fingerprint density at radius 3 is 2.92 bits per heavy atom. The van der Waals surface area contributed by atoms with Gasteiger partial charge >= 0.3 is 0 Å². The van der Waals surface area contributed by atoms with Crippen molar-refractivity contribution in [3.63, 3.8) is 0 Å². The molecule has 26 heavy (non-hydrogen) atoms. The number of amides is 1. The summed E-state index contributed by atoms with van der Waals surface area (Å²) in [4.78, 5) is 22.8. The molecule has 0 aliphatic carbocycles. The second-order valence-electron chi connectivity index (χ2n) is 7.24. The van der Waals surface area contributed by atoms with Crippen LogP contribution in [0.5, 0.6) is 0 Å². The number of piperidine rings is 1. The number of rotatable bonds is 3. The number of likely N-dealkylation sites (tertiary alicyclic amines) is 1. The molecule has 2 aromatic heterocycles. The topological polar surface area (TPSA) is 53.9 Å². The molecule has 1 saturated heterocycles. The van der Waals surface area contributed by atoms with Gasteiger partial charge in [0.2, 0.25) is 0 Å². The molecule has 6 heteroatoms. The fraction of sp³-hybridized carbons (Fsp3) is 0.400. The Morgan fingerprint density at radius 2 is 2.15 bits per heavy atom. The number of halogens is 1. The maximum Gasteiger partial charge on any atom is 0.271 e. The highest BCUT2D eigenvalue weighted by molar-refractivity contribution is 6.38. The van der Waals surface area contributed by atoms with Gasteiger partial charge < -0.3 is 14.5 Å². The van der Waals surface area contributed by atoms with E-state index < -0.39 is 0 Å². The number of imidazole rings is 1. The van der Waals surface area contributed by atoms with Crippen LogP contribution < -0.4 is 0 Å². The number of fused-ring (bicyclic) bond motifs is 1. The van der Waals surface area contributed by atoms with Crippen molar-refractivity contribution in [2.24, 2.45) is 0 Å².